The van der Waals surface area contributed by atoms with Gasteiger partial charge in [0.1, 0.15) is 0 Å². The molecule has 0 fully saturated rings. The lowest BCUT2D eigenvalue weighted by Gasteiger charge is -2.15. The van der Waals surface area contributed by atoms with Crippen LogP contribution in [0.1, 0.15) is 6.92 Å². The topological polar surface area (TPSA) is 32.7 Å². The van der Waals surface area contributed by atoms with Crippen molar-refractivity contribution in [2.24, 2.45) is 0 Å². The second-order valence-corrected chi connectivity index (χ2v) is 6.00. The van der Waals surface area contributed by atoms with E-state index in [0.29, 0.717) is 6.54 Å². The van der Waals surface area contributed by atoms with E-state index >= 15 is 0 Å². The van der Waals surface area contributed by atoms with Gasteiger partial charge in [-0.25, -0.2) is 4.62 Å². The molecule has 6 heteroatoms. The molecule has 1 N–H and O–H groups in total. The van der Waals surface area contributed by atoms with Crippen LogP contribution in [0.15, 0.2) is 0 Å². The average Bonchev–Trinajstić information content (AvgIpc) is 1.62. The van der Waals surface area contributed by atoms with Crippen LogP contribution in [0, 0.1) is 0 Å². The molecule has 1 unspecified atom stereocenters. The van der Waals surface area contributed by atoms with Crippen LogP contribution in [0.25, 0.3) is 0 Å². The molecule has 3 nitrogen and oxygen atoms in total. The maximum atomic E-state index is 8.75. The number of hydrogen-bond acceptors (Lipinski definition) is 3. The number of hydrogen-bond donors (Lipinski definition) is 1. The SMILES string of the molecule is CCN(C)OP(O)(=S)Cl. The third-order valence-corrected chi connectivity index (χ3v) is 1.55. The zero-order valence-corrected chi connectivity index (χ0v) is 7.71. The van der Waals surface area contributed by atoms with Crippen LogP contribution < -0.4 is 0 Å². The monoisotopic (exact) mass is 189 g/mol. The average molecular weight is 190 g/mol. The minimum atomic E-state index is -3.01. The molecule has 0 aliphatic carbocycles. The quantitative estimate of drug-likeness (QED) is 0.536. The summed E-state index contributed by atoms with van der Waals surface area (Å²) in [6.45, 7) is 2.51. The fraction of sp³-hybridized carbons (Fsp3) is 1.00. The maximum Gasteiger partial charge on any atom is 0.296 e. The van der Waals surface area contributed by atoms with Crippen molar-refractivity contribution in [1.29, 1.82) is 0 Å². The number of halogens is 1. The molecular formula is C3H9ClNO2PS. The Bertz CT molecular complexity index is 127. The Labute approximate surface area is 64.5 Å². The van der Waals surface area contributed by atoms with Crippen molar-refractivity contribution < 1.29 is 9.52 Å². The number of rotatable bonds is 3. The van der Waals surface area contributed by atoms with Crippen LogP contribution in [0.3, 0.4) is 0 Å². The van der Waals surface area contributed by atoms with Gasteiger partial charge in [0, 0.05) is 13.6 Å². The van der Waals surface area contributed by atoms with E-state index in [0.717, 1.165) is 0 Å². The molecule has 0 aliphatic rings. The lowest BCUT2D eigenvalue weighted by molar-refractivity contribution is -0.0210. The summed E-state index contributed by atoms with van der Waals surface area (Å²) >= 11 is 9.62. The molecule has 0 saturated carbocycles. The van der Waals surface area contributed by atoms with Crippen molar-refractivity contribution in [2.45, 2.75) is 6.92 Å². The highest BCUT2D eigenvalue weighted by Crippen LogP contribution is 2.48. The highest BCUT2D eigenvalue weighted by molar-refractivity contribution is 8.21. The van der Waals surface area contributed by atoms with Crippen LogP contribution >= 0.6 is 17.1 Å². The Kier molecular flexibility index (Phi) is 4.21. The molecule has 0 aliphatic heterocycles. The number of nitrogens with zero attached hydrogens (tertiary/aromatic N) is 1. The third kappa shape index (κ3) is 6.71. The smallest absolute Gasteiger partial charge is 0.296 e. The van der Waals surface area contributed by atoms with E-state index in [2.05, 4.69) is 16.4 Å². The van der Waals surface area contributed by atoms with Gasteiger partial charge in [-0.3, -0.25) is 0 Å². The Morgan fingerprint density at radius 3 is 2.44 bits per heavy atom. The van der Waals surface area contributed by atoms with Gasteiger partial charge in [0.2, 0.25) is 0 Å². The Morgan fingerprint density at radius 2 is 2.33 bits per heavy atom. The van der Waals surface area contributed by atoms with E-state index in [1.54, 1.807) is 7.05 Å². The zero-order valence-electron chi connectivity index (χ0n) is 5.24. The largest absolute Gasteiger partial charge is 0.333 e. The van der Waals surface area contributed by atoms with Crippen molar-refractivity contribution in [3.63, 3.8) is 0 Å². The van der Waals surface area contributed by atoms with Gasteiger partial charge in [0.25, 0.3) is 5.84 Å². The van der Waals surface area contributed by atoms with Crippen molar-refractivity contribution in [3.8, 4) is 0 Å². The maximum absolute atomic E-state index is 8.75. The minimum absolute atomic E-state index is 0.645. The first-order chi connectivity index (χ1) is 3.95. The molecule has 56 valence electrons. The van der Waals surface area contributed by atoms with Crippen LogP contribution in [0.5, 0.6) is 0 Å². The Morgan fingerprint density at radius 1 is 1.89 bits per heavy atom. The summed E-state index contributed by atoms with van der Waals surface area (Å²) in [6, 6.07) is 0. The summed E-state index contributed by atoms with van der Waals surface area (Å²) < 4.78 is 4.67. The lowest BCUT2D eigenvalue weighted by atomic mass is 10.8. The van der Waals surface area contributed by atoms with Gasteiger partial charge in [-0.05, 0) is 23.0 Å². The van der Waals surface area contributed by atoms with Crippen molar-refractivity contribution in [1.82, 2.24) is 5.06 Å². The predicted octanol–water partition coefficient (Wildman–Crippen LogP) is 1.33. The van der Waals surface area contributed by atoms with E-state index in [1.165, 1.54) is 5.06 Å². The van der Waals surface area contributed by atoms with Gasteiger partial charge in [-0.2, -0.15) is 5.06 Å². The molecule has 0 rings (SSSR count). The molecule has 0 saturated heterocycles. The summed E-state index contributed by atoms with van der Waals surface area (Å²) in [7, 11) is 1.65. The predicted molar refractivity (Wildman–Crippen MR) is 41.7 cm³/mol. The van der Waals surface area contributed by atoms with Gasteiger partial charge >= 0.3 is 0 Å². The van der Waals surface area contributed by atoms with Gasteiger partial charge < -0.3 is 4.89 Å². The number of hydroxylamine groups is 2. The van der Waals surface area contributed by atoms with Crippen LogP contribution in [0.2, 0.25) is 0 Å². The second kappa shape index (κ2) is 3.86. The highest BCUT2D eigenvalue weighted by atomic mass is 35.7. The lowest BCUT2D eigenvalue weighted by Crippen LogP contribution is -2.14. The van der Waals surface area contributed by atoms with E-state index < -0.39 is 5.84 Å². The molecule has 0 spiro atoms. The molecule has 0 heterocycles. The van der Waals surface area contributed by atoms with Gasteiger partial charge in [0.05, 0.1) is 0 Å². The third-order valence-electron chi connectivity index (χ3n) is 0.685. The molecule has 0 amide bonds. The summed E-state index contributed by atoms with van der Waals surface area (Å²) in [5, 5.41) is 1.40. The zero-order chi connectivity index (χ0) is 7.49. The molecule has 0 aromatic heterocycles. The Balaban J connectivity index is 3.60. The molecule has 0 aromatic rings. The van der Waals surface area contributed by atoms with Gasteiger partial charge in [-0.1, -0.05) is 6.92 Å². The minimum Gasteiger partial charge on any atom is -0.333 e. The summed E-state index contributed by atoms with van der Waals surface area (Å²) in [5.74, 6) is -3.01. The van der Waals surface area contributed by atoms with Crippen LogP contribution in [-0.2, 0) is 16.4 Å². The highest BCUT2D eigenvalue weighted by Gasteiger charge is 2.10. The normalized spacial score (nSPS) is 17.9. The molecule has 0 radical (unpaired) electrons. The van der Waals surface area contributed by atoms with E-state index in [9.17, 15) is 0 Å². The second-order valence-electron chi connectivity index (χ2n) is 1.48. The molecule has 0 aromatic carbocycles. The fourth-order valence-electron chi connectivity index (χ4n) is 0.230. The first-order valence-electron chi connectivity index (χ1n) is 2.39. The first kappa shape index (κ1) is 9.82. The summed E-state index contributed by atoms with van der Waals surface area (Å²) in [4.78, 5) is 8.75. The Hall–Kier alpha value is 0.820. The van der Waals surface area contributed by atoms with E-state index in [1.807, 2.05) is 6.92 Å². The van der Waals surface area contributed by atoms with E-state index in [4.69, 9.17) is 16.1 Å². The summed E-state index contributed by atoms with van der Waals surface area (Å²) in [5.41, 5.74) is 0. The van der Waals surface area contributed by atoms with Crippen LogP contribution in [0.4, 0.5) is 0 Å². The molecular weight excluding hydrogens is 181 g/mol. The van der Waals surface area contributed by atoms with Crippen molar-refractivity contribution in [3.05, 3.63) is 0 Å². The molecule has 0 bridgehead atoms. The molecule has 9 heavy (non-hydrogen) atoms. The van der Waals surface area contributed by atoms with E-state index in [-0.39, 0.29) is 0 Å². The van der Waals surface area contributed by atoms with Crippen molar-refractivity contribution in [2.75, 3.05) is 13.6 Å². The van der Waals surface area contributed by atoms with Crippen molar-refractivity contribution >= 4 is 28.9 Å². The van der Waals surface area contributed by atoms with Gasteiger partial charge in [-0.15, -0.1) is 0 Å². The van der Waals surface area contributed by atoms with Crippen LogP contribution in [-0.4, -0.2) is 23.5 Å². The molecule has 1 atom stereocenters. The van der Waals surface area contributed by atoms with Gasteiger partial charge in [0.15, 0.2) is 0 Å². The summed E-state index contributed by atoms with van der Waals surface area (Å²) in [6.07, 6.45) is 0. The first-order valence-corrected chi connectivity index (χ1v) is 5.97. The standard InChI is InChI=1S/C3H9ClNO2PS/c1-3-5(2)7-8(4,6)9/h3H2,1-2H3,(H,6,9). The fourth-order valence-corrected chi connectivity index (χ4v) is 1.35.